The molecule has 2 rings (SSSR count). The minimum atomic E-state index is -0.399. The Morgan fingerprint density at radius 2 is 1.76 bits per heavy atom. The van der Waals surface area contributed by atoms with Gasteiger partial charge in [-0.15, -0.1) is 0 Å². The van der Waals surface area contributed by atoms with Crippen LogP contribution in [0.2, 0.25) is 0 Å². The van der Waals surface area contributed by atoms with Crippen molar-refractivity contribution in [2.75, 3.05) is 0 Å². The Morgan fingerprint density at radius 3 is 2.35 bits per heavy atom. The molecule has 0 amide bonds. The van der Waals surface area contributed by atoms with E-state index in [1.165, 1.54) is 5.56 Å². The molecule has 3 heteroatoms. The van der Waals surface area contributed by atoms with Crippen LogP contribution >= 0.6 is 0 Å². The van der Waals surface area contributed by atoms with Crippen molar-refractivity contribution in [1.29, 1.82) is 0 Å². The van der Waals surface area contributed by atoms with Crippen molar-refractivity contribution in [3.05, 3.63) is 41.5 Å². The number of benzene rings is 1. The number of aryl methyl sites for hydroxylation is 1. The van der Waals surface area contributed by atoms with Gasteiger partial charge >= 0.3 is 0 Å². The Hall–Kier alpha value is -1.06. The lowest BCUT2D eigenvalue weighted by Crippen LogP contribution is -2.32. The second-order valence-electron chi connectivity index (χ2n) is 5.53. The van der Waals surface area contributed by atoms with Gasteiger partial charge in [-0.1, -0.05) is 50.6 Å². The van der Waals surface area contributed by atoms with Crippen LogP contribution in [0.25, 0.3) is 5.76 Å². The highest BCUT2D eigenvalue weighted by atomic mass is 28.3. The number of hydrogen-bond donors (Lipinski definition) is 0. The quantitative estimate of drug-likeness (QED) is 0.710. The Bertz CT molecular complexity index is 415. The van der Waals surface area contributed by atoms with E-state index >= 15 is 0 Å². The molecule has 0 saturated heterocycles. The Morgan fingerprint density at radius 1 is 1.12 bits per heavy atom. The van der Waals surface area contributed by atoms with Crippen LogP contribution in [0.4, 0.5) is 0 Å². The Labute approximate surface area is 106 Å². The third-order valence-electron chi connectivity index (χ3n) is 2.87. The normalized spacial score (nSPS) is 20.7. The van der Waals surface area contributed by atoms with Crippen LogP contribution in [0.5, 0.6) is 0 Å². The van der Waals surface area contributed by atoms with Crippen molar-refractivity contribution in [2.45, 2.75) is 33.8 Å². The highest BCUT2D eigenvalue weighted by Crippen LogP contribution is 2.29. The van der Waals surface area contributed by atoms with Crippen molar-refractivity contribution in [2.24, 2.45) is 5.41 Å². The van der Waals surface area contributed by atoms with E-state index in [0.717, 1.165) is 11.3 Å². The van der Waals surface area contributed by atoms with Gasteiger partial charge in [0, 0.05) is 11.7 Å². The molecule has 92 valence electrons. The van der Waals surface area contributed by atoms with E-state index in [4.69, 9.17) is 8.85 Å². The summed E-state index contributed by atoms with van der Waals surface area (Å²) in [5.74, 6) is 0.964. The molecule has 0 aromatic heterocycles. The maximum absolute atomic E-state index is 5.70. The summed E-state index contributed by atoms with van der Waals surface area (Å²) in [5.41, 5.74) is 2.52. The molecule has 1 unspecified atom stereocenters. The molecule has 17 heavy (non-hydrogen) atoms. The molecule has 0 N–H and O–H groups in total. The highest BCUT2D eigenvalue weighted by Gasteiger charge is 2.23. The fourth-order valence-electron chi connectivity index (χ4n) is 1.69. The van der Waals surface area contributed by atoms with Gasteiger partial charge < -0.3 is 8.85 Å². The Balaban J connectivity index is 2.26. The summed E-state index contributed by atoms with van der Waals surface area (Å²) < 4.78 is 11.4. The van der Waals surface area contributed by atoms with Crippen molar-refractivity contribution in [3.8, 4) is 0 Å². The zero-order valence-electron chi connectivity index (χ0n) is 10.9. The van der Waals surface area contributed by atoms with Gasteiger partial charge in [-0.05, 0) is 18.4 Å². The predicted octanol–water partition coefficient (Wildman–Crippen LogP) is 3.06. The lowest BCUT2D eigenvalue weighted by molar-refractivity contribution is 0.104. The van der Waals surface area contributed by atoms with Crippen LogP contribution in [0, 0.1) is 12.3 Å². The van der Waals surface area contributed by atoms with Crippen LogP contribution in [0.3, 0.4) is 0 Å². The molecule has 1 heterocycles. The maximum atomic E-state index is 5.70. The van der Waals surface area contributed by atoms with Crippen LogP contribution in [0.1, 0.15) is 31.9 Å². The van der Waals surface area contributed by atoms with Gasteiger partial charge in [0.1, 0.15) is 0 Å². The first kappa shape index (κ1) is 12.4. The van der Waals surface area contributed by atoms with Crippen LogP contribution < -0.4 is 0 Å². The van der Waals surface area contributed by atoms with Gasteiger partial charge in [0.05, 0.1) is 15.8 Å². The van der Waals surface area contributed by atoms with E-state index in [2.05, 4.69) is 58.0 Å². The van der Waals surface area contributed by atoms with Gasteiger partial charge in [0.2, 0.25) is 0 Å². The number of rotatable bonds is 1. The summed E-state index contributed by atoms with van der Waals surface area (Å²) >= 11 is 0. The molecule has 1 aliphatic rings. The molecule has 1 aliphatic heterocycles. The molecule has 0 fully saturated rings. The third kappa shape index (κ3) is 2.99. The molecule has 1 aromatic carbocycles. The first-order valence-corrected chi connectivity index (χ1v) is 6.84. The molecule has 0 bridgehead atoms. The van der Waals surface area contributed by atoms with E-state index < -0.39 is 10.0 Å². The van der Waals surface area contributed by atoms with E-state index in [1.54, 1.807) is 0 Å². The lowest BCUT2D eigenvalue weighted by atomic mass is 9.88. The SMILES string of the molecule is Cc1ccc(C2=CC(C(C)(C)C)O[SiH-]O2)cc1. The average Bonchev–Trinajstić information content (AvgIpc) is 2.29. The standard InChI is InChI=1S/C14H19O2Si/c1-10-5-7-11(8-6-10)12-9-13(14(2,3)4)16-17-15-12/h5-9,13,17H,1-4H3/q-1. The van der Waals surface area contributed by atoms with E-state index in [0.29, 0.717) is 0 Å². The van der Waals surface area contributed by atoms with Crippen molar-refractivity contribution in [3.63, 3.8) is 0 Å². The molecule has 2 nitrogen and oxygen atoms in total. The van der Waals surface area contributed by atoms with E-state index in [-0.39, 0.29) is 11.5 Å². The molecule has 0 spiro atoms. The maximum Gasteiger partial charge on any atom is 0.0887 e. The van der Waals surface area contributed by atoms with Crippen LogP contribution in [0.15, 0.2) is 30.3 Å². The second-order valence-corrected chi connectivity index (χ2v) is 6.23. The number of hydrogen-bond acceptors (Lipinski definition) is 2. The van der Waals surface area contributed by atoms with Gasteiger partial charge in [-0.2, -0.15) is 0 Å². The van der Waals surface area contributed by atoms with Gasteiger partial charge in [-0.25, -0.2) is 0 Å². The fraction of sp³-hybridized carbons (Fsp3) is 0.429. The van der Waals surface area contributed by atoms with Crippen molar-refractivity contribution >= 4 is 15.8 Å². The first-order valence-electron chi connectivity index (χ1n) is 5.89. The molecule has 0 saturated carbocycles. The zero-order chi connectivity index (χ0) is 12.5. The lowest BCUT2D eigenvalue weighted by Gasteiger charge is -2.39. The molecular formula is C14H19O2Si-. The summed E-state index contributed by atoms with van der Waals surface area (Å²) in [6, 6.07) is 8.42. The second kappa shape index (κ2) is 4.67. The van der Waals surface area contributed by atoms with Crippen LogP contribution in [-0.4, -0.2) is 16.1 Å². The topological polar surface area (TPSA) is 18.5 Å². The predicted molar refractivity (Wildman–Crippen MR) is 71.7 cm³/mol. The van der Waals surface area contributed by atoms with Crippen molar-refractivity contribution < 1.29 is 8.85 Å². The molecule has 0 aliphatic carbocycles. The smallest absolute Gasteiger partial charge is 0.0887 e. The molecule has 1 aromatic rings. The van der Waals surface area contributed by atoms with Crippen LogP contribution in [-0.2, 0) is 8.85 Å². The highest BCUT2D eigenvalue weighted by molar-refractivity contribution is 6.21. The zero-order valence-corrected chi connectivity index (χ0v) is 12.0. The largest absolute Gasteiger partial charge is 0.688 e. The van der Waals surface area contributed by atoms with Gasteiger partial charge in [-0.3, -0.25) is 0 Å². The van der Waals surface area contributed by atoms with Gasteiger partial charge in [0.25, 0.3) is 0 Å². The summed E-state index contributed by atoms with van der Waals surface area (Å²) in [6.45, 7) is 8.65. The minimum absolute atomic E-state index is 0.118. The van der Waals surface area contributed by atoms with Gasteiger partial charge in [0.15, 0.2) is 0 Å². The minimum Gasteiger partial charge on any atom is -0.688 e. The van der Waals surface area contributed by atoms with E-state index in [1.807, 2.05) is 0 Å². The summed E-state index contributed by atoms with van der Waals surface area (Å²) in [5, 5.41) is 0. The molecule has 1 atom stereocenters. The molecule has 0 radical (unpaired) electrons. The Kier molecular flexibility index (Phi) is 3.40. The summed E-state index contributed by atoms with van der Waals surface area (Å²) in [4.78, 5) is 0. The van der Waals surface area contributed by atoms with Crippen molar-refractivity contribution in [1.82, 2.24) is 0 Å². The first-order chi connectivity index (χ1) is 7.97. The molecular weight excluding hydrogens is 228 g/mol. The third-order valence-corrected chi connectivity index (χ3v) is 3.62. The monoisotopic (exact) mass is 247 g/mol. The summed E-state index contributed by atoms with van der Waals surface area (Å²) in [7, 11) is -0.399. The summed E-state index contributed by atoms with van der Waals surface area (Å²) in [6.07, 6.45) is 2.24. The fourth-order valence-corrected chi connectivity index (χ4v) is 2.67. The van der Waals surface area contributed by atoms with E-state index in [9.17, 15) is 0 Å². The average molecular weight is 247 g/mol.